The largest absolute Gasteiger partial charge is 0.392 e. The van der Waals surface area contributed by atoms with Gasteiger partial charge >= 0.3 is 0 Å². The molecule has 0 saturated heterocycles. The quantitative estimate of drug-likeness (QED) is 0.248. The first-order chi connectivity index (χ1) is 14.7. The van der Waals surface area contributed by atoms with Gasteiger partial charge in [0.1, 0.15) is 0 Å². The van der Waals surface area contributed by atoms with Crippen LogP contribution >= 0.6 is 0 Å². The predicted molar refractivity (Wildman–Crippen MR) is 141 cm³/mol. The number of rotatable bonds is 12. The van der Waals surface area contributed by atoms with E-state index in [4.69, 9.17) is 5.11 Å². The van der Waals surface area contributed by atoms with Gasteiger partial charge in [-0.3, -0.25) is 0 Å². The van der Waals surface area contributed by atoms with Crippen LogP contribution in [-0.2, 0) is 0 Å². The number of aliphatic hydroxyl groups is 1. The van der Waals surface area contributed by atoms with Crippen molar-refractivity contribution in [1.82, 2.24) is 0 Å². The molecule has 0 aromatic rings. The first-order valence-electron chi connectivity index (χ1n) is 11.0. The molecule has 0 atom stereocenters. The molecule has 1 heteroatoms. The van der Waals surface area contributed by atoms with E-state index in [2.05, 4.69) is 108 Å². The van der Waals surface area contributed by atoms with Gasteiger partial charge < -0.3 is 5.11 Å². The summed E-state index contributed by atoms with van der Waals surface area (Å²) in [6.45, 7) is 14.7. The fraction of sp³-hybridized carbons (Fsp3) is 0.333. The molecule has 1 nitrogen and oxygen atoms in total. The lowest BCUT2D eigenvalue weighted by Crippen LogP contribution is -1.81. The van der Waals surface area contributed by atoms with Gasteiger partial charge in [0.25, 0.3) is 0 Å². The molecule has 0 unspecified atom stereocenters. The summed E-state index contributed by atoms with van der Waals surface area (Å²) in [6, 6.07) is 0. The Morgan fingerprint density at radius 1 is 0.548 bits per heavy atom. The molecule has 168 valence electrons. The van der Waals surface area contributed by atoms with Gasteiger partial charge in [-0.05, 0) is 66.9 Å². The SMILES string of the molecule is CC(C)=CCC/C(C)=C/C=C/C(C)=C/C=C/C=C(C)/C=C/C=C(C)/C=C/C=C(\C)CO. The zero-order valence-corrected chi connectivity index (χ0v) is 20.7. The lowest BCUT2D eigenvalue weighted by Gasteiger charge is -1.96. The Hall–Kier alpha value is -2.64. The molecule has 0 aliphatic carbocycles. The molecule has 0 aliphatic heterocycles. The van der Waals surface area contributed by atoms with Crippen LogP contribution in [0.15, 0.2) is 119 Å². The third-order valence-electron chi connectivity index (χ3n) is 4.37. The second-order valence-electron chi connectivity index (χ2n) is 8.20. The standard InChI is InChI=1S/C30H42O/c1-25(2)14-10-17-28(5)20-11-18-26(3)15-8-9-16-27(4)19-12-21-29(6)22-13-23-30(7)24-31/h8-9,11-16,18-23,31H,10,17,24H2,1-7H3/b9-8+,18-11+,19-12+,22-13+,26-15+,27-16+,28-20+,29-21+,30-23+. The van der Waals surface area contributed by atoms with E-state index in [1.54, 1.807) is 0 Å². The van der Waals surface area contributed by atoms with Crippen LogP contribution in [-0.4, -0.2) is 11.7 Å². The minimum Gasteiger partial charge on any atom is -0.392 e. The molecule has 0 fully saturated rings. The second-order valence-corrected chi connectivity index (χ2v) is 8.20. The molecule has 1 N–H and O–H groups in total. The summed E-state index contributed by atoms with van der Waals surface area (Å²) < 4.78 is 0. The maximum absolute atomic E-state index is 8.97. The van der Waals surface area contributed by atoms with E-state index in [0.29, 0.717) is 0 Å². The van der Waals surface area contributed by atoms with E-state index in [1.165, 1.54) is 22.3 Å². The normalized spacial score (nSPS) is 15.3. The van der Waals surface area contributed by atoms with Crippen molar-refractivity contribution in [2.45, 2.75) is 61.3 Å². The molecule has 0 aromatic carbocycles. The summed E-state index contributed by atoms with van der Waals surface area (Å²) in [5.74, 6) is 0. The summed E-state index contributed by atoms with van der Waals surface area (Å²) in [6.07, 6.45) is 31.5. The first-order valence-corrected chi connectivity index (χ1v) is 11.0. The Bertz CT molecular complexity index is 824. The summed E-state index contributed by atoms with van der Waals surface area (Å²) in [7, 11) is 0. The van der Waals surface area contributed by atoms with Gasteiger partial charge in [-0.25, -0.2) is 0 Å². The zero-order chi connectivity index (χ0) is 23.5. The number of hydrogen-bond donors (Lipinski definition) is 1. The van der Waals surface area contributed by atoms with Gasteiger partial charge in [0.05, 0.1) is 6.61 Å². The van der Waals surface area contributed by atoms with Crippen molar-refractivity contribution in [3.63, 3.8) is 0 Å². The Morgan fingerprint density at radius 2 is 0.968 bits per heavy atom. The highest BCUT2D eigenvalue weighted by molar-refractivity contribution is 5.31. The topological polar surface area (TPSA) is 20.2 Å². The highest BCUT2D eigenvalue weighted by atomic mass is 16.3. The van der Waals surface area contributed by atoms with Crippen LogP contribution in [0.5, 0.6) is 0 Å². The molecular weight excluding hydrogens is 376 g/mol. The molecule has 0 bridgehead atoms. The van der Waals surface area contributed by atoms with Crippen molar-refractivity contribution >= 4 is 0 Å². The van der Waals surface area contributed by atoms with E-state index in [0.717, 1.165) is 24.0 Å². The van der Waals surface area contributed by atoms with Gasteiger partial charge in [-0.15, -0.1) is 0 Å². The minimum absolute atomic E-state index is 0.100. The zero-order valence-electron chi connectivity index (χ0n) is 20.7. The van der Waals surface area contributed by atoms with E-state index >= 15 is 0 Å². The maximum Gasteiger partial charge on any atom is 0.0642 e. The molecule has 0 radical (unpaired) electrons. The van der Waals surface area contributed by atoms with Gasteiger partial charge in [0, 0.05) is 0 Å². The average molecular weight is 419 g/mol. The fourth-order valence-electron chi connectivity index (χ4n) is 2.39. The third kappa shape index (κ3) is 19.1. The predicted octanol–water partition coefficient (Wildman–Crippen LogP) is 8.68. The highest BCUT2D eigenvalue weighted by Gasteiger charge is 1.87. The Kier molecular flexibility index (Phi) is 16.6. The summed E-state index contributed by atoms with van der Waals surface area (Å²) in [4.78, 5) is 0. The Labute approximate surface area is 191 Å². The van der Waals surface area contributed by atoms with Crippen LogP contribution in [0.1, 0.15) is 61.3 Å². The minimum atomic E-state index is 0.100. The summed E-state index contributed by atoms with van der Waals surface area (Å²) in [5, 5.41) is 8.97. The fourth-order valence-corrected chi connectivity index (χ4v) is 2.39. The molecule has 0 rings (SSSR count). The first kappa shape index (κ1) is 28.4. The van der Waals surface area contributed by atoms with Crippen LogP contribution in [0, 0.1) is 0 Å². The number of hydrogen-bond acceptors (Lipinski definition) is 1. The molecule has 0 aromatic heterocycles. The molecule has 31 heavy (non-hydrogen) atoms. The van der Waals surface area contributed by atoms with Crippen molar-refractivity contribution in [2.24, 2.45) is 0 Å². The van der Waals surface area contributed by atoms with Gasteiger partial charge in [-0.2, -0.15) is 0 Å². The van der Waals surface area contributed by atoms with Crippen molar-refractivity contribution in [3.05, 3.63) is 119 Å². The molecule has 0 saturated carbocycles. The molecule has 0 amide bonds. The van der Waals surface area contributed by atoms with Gasteiger partial charge in [-0.1, -0.05) is 113 Å². The third-order valence-corrected chi connectivity index (χ3v) is 4.37. The summed E-state index contributed by atoms with van der Waals surface area (Å²) >= 11 is 0. The van der Waals surface area contributed by atoms with Crippen molar-refractivity contribution in [2.75, 3.05) is 6.61 Å². The lowest BCUT2D eigenvalue weighted by atomic mass is 10.1. The monoisotopic (exact) mass is 418 g/mol. The lowest BCUT2D eigenvalue weighted by molar-refractivity contribution is 0.331. The van der Waals surface area contributed by atoms with E-state index < -0.39 is 0 Å². The summed E-state index contributed by atoms with van der Waals surface area (Å²) in [5.41, 5.74) is 7.31. The van der Waals surface area contributed by atoms with Crippen LogP contribution < -0.4 is 0 Å². The number of aliphatic hydroxyl groups excluding tert-OH is 1. The van der Waals surface area contributed by atoms with E-state index in [9.17, 15) is 0 Å². The van der Waals surface area contributed by atoms with Gasteiger partial charge in [0.15, 0.2) is 0 Å². The average Bonchev–Trinajstić information content (AvgIpc) is 2.70. The Balaban J connectivity index is 4.60. The van der Waals surface area contributed by atoms with Crippen LogP contribution in [0.2, 0.25) is 0 Å². The molecular formula is C30H42O. The van der Waals surface area contributed by atoms with E-state index in [1.807, 2.05) is 25.2 Å². The Morgan fingerprint density at radius 3 is 1.42 bits per heavy atom. The second kappa shape index (κ2) is 18.2. The van der Waals surface area contributed by atoms with Gasteiger partial charge in [0.2, 0.25) is 0 Å². The highest BCUT2D eigenvalue weighted by Crippen LogP contribution is 2.07. The van der Waals surface area contributed by atoms with Crippen LogP contribution in [0.4, 0.5) is 0 Å². The van der Waals surface area contributed by atoms with Crippen molar-refractivity contribution in [1.29, 1.82) is 0 Å². The van der Waals surface area contributed by atoms with Crippen LogP contribution in [0.25, 0.3) is 0 Å². The van der Waals surface area contributed by atoms with Crippen molar-refractivity contribution in [3.8, 4) is 0 Å². The van der Waals surface area contributed by atoms with Crippen molar-refractivity contribution < 1.29 is 5.11 Å². The van der Waals surface area contributed by atoms with E-state index in [-0.39, 0.29) is 6.61 Å². The van der Waals surface area contributed by atoms with Crippen LogP contribution in [0.3, 0.4) is 0 Å². The maximum atomic E-state index is 8.97. The molecule has 0 aliphatic rings. The molecule has 0 heterocycles. The smallest absolute Gasteiger partial charge is 0.0642 e. The number of allylic oxidation sites excluding steroid dienone is 19. The molecule has 0 spiro atoms.